The van der Waals surface area contributed by atoms with Crippen molar-refractivity contribution in [2.45, 2.75) is 44.4 Å². The van der Waals surface area contributed by atoms with Gasteiger partial charge in [0.25, 0.3) is 5.91 Å². The van der Waals surface area contributed by atoms with Crippen molar-refractivity contribution in [2.75, 3.05) is 39.3 Å². The molecule has 4 rings (SSSR count). The van der Waals surface area contributed by atoms with Crippen LogP contribution < -0.4 is 5.32 Å². The van der Waals surface area contributed by atoms with Crippen LogP contribution in [0.5, 0.6) is 0 Å². The molecule has 2 aromatic rings. The number of carbonyl (C=O) groups excluding carboxylic acids is 2. The van der Waals surface area contributed by atoms with Gasteiger partial charge in [-0.1, -0.05) is 36.2 Å². The molecule has 2 amide bonds. The fourth-order valence-corrected chi connectivity index (χ4v) is 5.65. The van der Waals surface area contributed by atoms with E-state index in [0.29, 0.717) is 42.7 Å². The van der Waals surface area contributed by atoms with Crippen LogP contribution in [0.15, 0.2) is 29.6 Å². The number of halogens is 1. The fraction of sp³-hybridized carbons (Fsp3) is 0.542. The number of aromatic nitrogens is 1. The average Bonchev–Trinajstić information content (AvgIpc) is 3.32. The average molecular weight is 475 g/mol. The van der Waals surface area contributed by atoms with E-state index in [1.54, 1.807) is 11.3 Å². The highest BCUT2D eigenvalue weighted by molar-refractivity contribution is 7.09. The lowest BCUT2D eigenvalue weighted by Gasteiger charge is -2.31. The molecule has 0 atom stereocenters. The van der Waals surface area contributed by atoms with Crippen molar-refractivity contribution in [3.63, 3.8) is 0 Å². The molecular formula is C24H31ClN4O2S. The van der Waals surface area contributed by atoms with Gasteiger partial charge in [-0.05, 0) is 50.4 Å². The largest absolute Gasteiger partial charge is 0.349 e. The Morgan fingerprint density at radius 3 is 2.59 bits per heavy atom. The number of hydrogen-bond acceptors (Lipinski definition) is 5. The summed E-state index contributed by atoms with van der Waals surface area (Å²) < 4.78 is 0. The summed E-state index contributed by atoms with van der Waals surface area (Å²) in [6.45, 7) is 5.27. The molecule has 0 unspecified atom stereocenters. The van der Waals surface area contributed by atoms with Gasteiger partial charge in [-0.25, -0.2) is 4.98 Å². The van der Waals surface area contributed by atoms with Crippen LogP contribution in [-0.2, 0) is 11.2 Å². The number of amides is 2. The molecule has 0 spiro atoms. The maximum atomic E-state index is 12.7. The number of hydrogen-bond donors (Lipinski definition) is 1. The third kappa shape index (κ3) is 6.09. The highest BCUT2D eigenvalue weighted by Gasteiger charge is 2.26. The first-order valence-electron chi connectivity index (χ1n) is 11.6. The van der Waals surface area contributed by atoms with Crippen LogP contribution in [0, 0.1) is 0 Å². The SMILES string of the molecule is O=C(NCCN1CCCCC1)c1csc(C2CCN(C(=O)Cc3ccccc3Cl)CC2)n1. The molecule has 172 valence electrons. The van der Waals surface area contributed by atoms with Crippen molar-refractivity contribution in [1.82, 2.24) is 20.1 Å². The minimum Gasteiger partial charge on any atom is -0.349 e. The summed E-state index contributed by atoms with van der Waals surface area (Å²) in [7, 11) is 0. The predicted molar refractivity (Wildman–Crippen MR) is 128 cm³/mol. The zero-order valence-electron chi connectivity index (χ0n) is 18.4. The Kier molecular flexibility index (Phi) is 8.16. The zero-order chi connectivity index (χ0) is 22.3. The lowest BCUT2D eigenvalue weighted by atomic mass is 9.97. The second-order valence-electron chi connectivity index (χ2n) is 8.65. The summed E-state index contributed by atoms with van der Waals surface area (Å²) in [5.41, 5.74) is 1.39. The Morgan fingerprint density at radius 1 is 1.09 bits per heavy atom. The van der Waals surface area contributed by atoms with Gasteiger partial charge in [-0.2, -0.15) is 0 Å². The maximum Gasteiger partial charge on any atom is 0.270 e. The number of piperidine rings is 2. The standard InChI is InChI=1S/C24H31ClN4O2S/c25-20-7-3-2-6-19(20)16-22(30)29-13-8-18(9-14-29)24-27-21(17-32-24)23(31)26-10-15-28-11-4-1-5-12-28/h2-3,6-7,17-18H,1,4-5,8-16H2,(H,26,31). The van der Waals surface area contributed by atoms with Crippen molar-refractivity contribution < 1.29 is 9.59 Å². The lowest BCUT2D eigenvalue weighted by molar-refractivity contribution is -0.131. The predicted octanol–water partition coefficient (Wildman–Crippen LogP) is 3.96. The van der Waals surface area contributed by atoms with E-state index >= 15 is 0 Å². The summed E-state index contributed by atoms with van der Waals surface area (Å²) in [6.07, 6.45) is 5.92. The number of thiazole rings is 1. The van der Waals surface area contributed by atoms with Crippen LogP contribution in [0.2, 0.25) is 5.02 Å². The third-order valence-corrected chi connectivity index (χ3v) is 7.79. The normalized spacial score (nSPS) is 18.0. The lowest BCUT2D eigenvalue weighted by Crippen LogP contribution is -2.39. The molecular weight excluding hydrogens is 444 g/mol. The molecule has 0 radical (unpaired) electrons. The number of benzene rings is 1. The van der Waals surface area contributed by atoms with E-state index in [2.05, 4.69) is 15.2 Å². The number of carbonyl (C=O) groups is 2. The minimum absolute atomic E-state index is 0.0862. The van der Waals surface area contributed by atoms with Crippen molar-refractivity contribution in [1.29, 1.82) is 0 Å². The van der Waals surface area contributed by atoms with Gasteiger partial charge < -0.3 is 15.1 Å². The number of likely N-dealkylation sites (tertiary alicyclic amines) is 2. The molecule has 3 heterocycles. The summed E-state index contributed by atoms with van der Waals surface area (Å²) in [4.78, 5) is 34.1. The van der Waals surface area contributed by atoms with Crippen molar-refractivity contribution in [2.24, 2.45) is 0 Å². The summed E-state index contributed by atoms with van der Waals surface area (Å²) in [5, 5.41) is 6.52. The first kappa shape index (κ1) is 23.2. The van der Waals surface area contributed by atoms with Crippen molar-refractivity contribution >= 4 is 34.8 Å². The van der Waals surface area contributed by atoms with Gasteiger partial charge in [-0.15, -0.1) is 11.3 Å². The molecule has 0 saturated carbocycles. The Balaban J connectivity index is 1.22. The van der Waals surface area contributed by atoms with Crippen LogP contribution in [0.4, 0.5) is 0 Å². The highest BCUT2D eigenvalue weighted by Crippen LogP contribution is 2.30. The second kappa shape index (κ2) is 11.3. The molecule has 1 aromatic carbocycles. The fourth-order valence-electron chi connectivity index (χ4n) is 4.47. The van der Waals surface area contributed by atoms with Gasteiger partial charge in [-0.3, -0.25) is 9.59 Å². The maximum absolute atomic E-state index is 12.7. The molecule has 2 saturated heterocycles. The van der Waals surface area contributed by atoms with Crippen molar-refractivity contribution in [3.8, 4) is 0 Å². The summed E-state index contributed by atoms with van der Waals surface area (Å²) in [5.74, 6) is 0.334. The number of nitrogens with zero attached hydrogens (tertiary/aromatic N) is 3. The molecule has 0 aliphatic carbocycles. The molecule has 32 heavy (non-hydrogen) atoms. The third-order valence-electron chi connectivity index (χ3n) is 6.41. The summed E-state index contributed by atoms with van der Waals surface area (Å²) in [6, 6.07) is 7.51. The highest BCUT2D eigenvalue weighted by atomic mass is 35.5. The molecule has 1 N–H and O–H groups in total. The topological polar surface area (TPSA) is 65.5 Å². The van der Waals surface area contributed by atoms with E-state index < -0.39 is 0 Å². The second-order valence-corrected chi connectivity index (χ2v) is 9.95. The van der Waals surface area contributed by atoms with Gasteiger partial charge in [0.1, 0.15) is 5.69 Å². The molecule has 1 aromatic heterocycles. The molecule has 2 aliphatic heterocycles. The van der Waals surface area contributed by atoms with Crippen LogP contribution in [0.3, 0.4) is 0 Å². The van der Waals surface area contributed by atoms with E-state index in [-0.39, 0.29) is 11.8 Å². The quantitative estimate of drug-likeness (QED) is 0.659. The molecule has 8 heteroatoms. The number of rotatable bonds is 7. The van der Waals surface area contributed by atoms with E-state index in [0.717, 1.165) is 43.0 Å². The Labute approximate surface area is 199 Å². The zero-order valence-corrected chi connectivity index (χ0v) is 20.0. The molecule has 2 aliphatic rings. The number of nitrogens with one attached hydrogen (secondary N) is 1. The Bertz CT molecular complexity index is 920. The van der Waals surface area contributed by atoms with E-state index in [1.165, 1.54) is 19.3 Å². The van der Waals surface area contributed by atoms with Gasteiger partial charge in [0.2, 0.25) is 5.91 Å². The van der Waals surface area contributed by atoms with Gasteiger partial charge in [0, 0.05) is 42.5 Å². The molecule has 0 bridgehead atoms. The summed E-state index contributed by atoms with van der Waals surface area (Å²) >= 11 is 7.75. The van der Waals surface area contributed by atoms with Crippen LogP contribution in [0.25, 0.3) is 0 Å². The van der Waals surface area contributed by atoms with Crippen molar-refractivity contribution in [3.05, 3.63) is 50.9 Å². The Morgan fingerprint density at radius 2 is 1.84 bits per heavy atom. The molecule has 2 fully saturated rings. The van der Waals surface area contributed by atoms with Gasteiger partial charge in [0.15, 0.2) is 0 Å². The van der Waals surface area contributed by atoms with Crippen LogP contribution >= 0.6 is 22.9 Å². The van der Waals surface area contributed by atoms with Crippen LogP contribution in [-0.4, -0.2) is 65.9 Å². The van der Waals surface area contributed by atoms with E-state index in [9.17, 15) is 9.59 Å². The van der Waals surface area contributed by atoms with Gasteiger partial charge >= 0.3 is 0 Å². The molecule has 6 nitrogen and oxygen atoms in total. The van der Waals surface area contributed by atoms with Crippen LogP contribution in [0.1, 0.15) is 59.1 Å². The van der Waals surface area contributed by atoms with Gasteiger partial charge in [0.05, 0.1) is 11.4 Å². The first-order chi connectivity index (χ1) is 15.6. The van der Waals surface area contributed by atoms with E-state index in [4.69, 9.17) is 11.6 Å². The first-order valence-corrected chi connectivity index (χ1v) is 12.8. The minimum atomic E-state index is -0.0862. The Hall–Kier alpha value is -1.96. The van der Waals surface area contributed by atoms with E-state index in [1.807, 2.05) is 34.5 Å². The smallest absolute Gasteiger partial charge is 0.270 e. The monoisotopic (exact) mass is 474 g/mol.